The number of hydrogen-bond donors (Lipinski definition) is 1. The van der Waals surface area contributed by atoms with Gasteiger partial charge in [-0.2, -0.15) is 5.26 Å². The van der Waals surface area contributed by atoms with E-state index < -0.39 is 5.91 Å². The fourth-order valence-corrected chi connectivity index (χ4v) is 4.28. The Hall–Kier alpha value is -3.67. The Labute approximate surface area is 229 Å². The van der Waals surface area contributed by atoms with Crippen molar-refractivity contribution in [1.29, 1.82) is 5.26 Å². The Morgan fingerprint density at radius 2 is 1.70 bits per heavy atom. The zero-order valence-electron chi connectivity index (χ0n) is 21.1. The second-order valence-electron chi connectivity index (χ2n) is 8.05. The molecule has 7 nitrogen and oxygen atoms in total. The summed E-state index contributed by atoms with van der Waals surface area (Å²) < 4.78 is 22.7. The molecule has 0 unspecified atom stereocenters. The number of nitrogens with zero attached hydrogens (tertiary/aromatic N) is 1. The molecule has 0 aliphatic rings. The third-order valence-corrected chi connectivity index (χ3v) is 6.49. The number of ether oxygens (including phenoxy) is 4. The average molecular weight is 586 g/mol. The molecular weight excluding hydrogens is 560 g/mol. The molecule has 0 spiro atoms. The molecule has 3 rings (SSSR count). The molecule has 0 aromatic heterocycles. The van der Waals surface area contributed by atoms with E-state index in [1.54, 1.807) is 12.1 Å². The molecule has 0 saturated carbocycles. The molecule has 3 aromatic rings. The lowest BCUT2D eigenvalue weighted by Gasteiger charge is -2.15. The van der Waals surface area contributed by atoms with Crippen molar-refractivity contribution in [2.45, 2.75) is 20.5 Å². The smallest absolute Gasteiger partial charge is 0.266 e. The molecule has 0 heterocycles. The van der Waals surface area contributed by atoms with Crippen LogP contribution in [-0.4, -0.2) is 27.2 Å². The van der Waals surface area contributed by atoms with Gasteiger partial charge in [-0.15, -0.1) is 0 Å². The van der Waals surface area contributed by atoms with Crippen molar-refractivity contribution in [3.8, 4) is 29.1 Å². The first kappa shape index (κ1) is 27.9. The predicted octanol–water partition coefficient (Wildman–Crippen LogP) is 6.87. The highest BCUT2D eigenvalue weighted by molar-refractivity contribution is 9.10. The molecule has 1 N–H and O–H groups in total. The van der Waals surface area contributed by atoms with E-state index in [1.165, 1.54) is 50.7 Å². The predicted molar refractivity (Wildman–Crippen MR) is 148 cm³/mol. The number of nitrogens with one attached hydrogen (secondary N) is 1. The van der Waals surface area contributed by atoms with Crippen molar-refractivity contribution in [2.75, 3.05) is 26.6 Å². The Balaban J connectivity index is 1.86. The van der Waals surface area contributed by atoms with E-state index >= 15 is 0 Å². The number of halogens is 2. The van der Waals surface area contributed by atoms with Gasteiger partial charge in [0, 0.05) is 12.1 Å². The Bertz CT molecular complexity index is 1400. The number of hydrogen-bond acceptors (Lipinski definition) is 6. The number of rotatable bonds is 9. The summed E-state index contributed by atoms with van der Waals surface area (Å²) in [5.41, 5.74) is 4.17. The van der Waals surface area contributed by atoms with E-state index in [0.29, 0.717) is 50.4 Å². The van der Waals surface area contributed by atoms with Crippen molar-refractivity contribution in [3.05, 3.63) is 79.8 Å². The Morgan fingerprint density at radius 3 is 2.32 bits per heavy atom. The maximum absolute atomic E-state index is 12.9. The van der Waals surface area contributed by atoms with Crippen LogP contribution >= 0.6 is 27.5 Å². The highest BCUT2D eigenvalue weighted by atomic mass is 79.9. The monoisotopic (exact) mass is 584 g/mol. The first-order chi connectivity index (χ1) is 17.7. The van der Waals surface area contributed by atoms with Crippen LogP contribution in [0.2, 0.25) is 5.02 Å². The van der Waals surface area contributed by atoms with Crippen LogP contribution in [0.3, 0.4) is 0 Å². The summed E-state index contributed by atoms with van der Waals surface area (Å²) >= 11 is 9.65. The second kappa shape index (κ2) is 12.5. The Morgan fingerprint density at radius 1 is 1.00 bits per heavy atom. The van der Waals surface area contributed by atoms with Gasteiger partial charge in [0.2, 0.25) is 0 Å². The summed E-state index contributed by atoms with van der Waals surface area (Å²) in [6.45, 7) is 4.47. The molecular formula is C28H26BrClN2O5. The number of amides is 1. The lowest BCUT2D eigenvalue weighted by molar-refractivity contribution is -0.112. The Kier molecular flexibility index (Phi) is 9.45. The van der Waals surface area contributed by atoms with Crippen LogP contribution < -0.4 is 24.3 Å². The first-order valence-electron chi connectivity index (χ1n) is 11.1. The zero-order valence-corrected chi connectivity index (χ0v) is 23.4. The summed E-state index contributed by atoms with van der Waals surface area (Å²) in [6.07, 6.45) is 1.45. The molecule has 1 amide bonds. The maximum Gasteiger partial charge on any atom is 0.266 e. The van der Waals surface area contributed by atoms with Crippen LogP contribution in [0.25, 0.3) is 6.08 Å². The van der Waals surface area contributed by atoms with Crippen molar-refractivity contribution >= 4 is 45.2 Å². The minimum atomic E-state index is -0.629. The van der Waals surface area contributed by atoms with Crippen LogP contribution in [0.4, 0.5) is 5.69 Å². The van der Waals surface area contributed by atoms with Gasteiger partial charge in [-0.1, -0.05) is 29.8 Å². The quantitative estimate of drug-likeness (QED) is 0.218. The van der Waals surface area contributed by atoms with Crippen LogP contribution in [0, 0.1) is 25.2 Å². The highest BCUT2D eigenvalue weighted by Gasteiger charge is 2.17. The minimum Gasteiger partial charge on any atom is -0.495 e. The van der Waals surface area contributed by atoms with E-state index in [-0.39, 0.29) is 5.57 Å². The molecule has 0 aliphatic heterocycles. The summed E-state index contributed by atoms with van der Waals surface area (Å²) in [7, 11) is 4.43. The van der Waals surface area contributed by atoms with E-state index in [9.17, 15) is 10.1 Å². The number of carbonyl (C=O) groups is 1. The largest absolute Gasteiger partial charge is 0.495 e. The zero-order chi connectivity index (χ0) is 27.1. The van der Waals surface area contributed by atoms with Crippen molar-refractivity contribution < 1.29 is 23.7 Å². The normalized spacial score (nSPS) is 10.9. The van der Waals surface area contributed by atoms with Gasteiger partial charge in [-0.3, -0.25) is 4.79 Å². The van der Waals surface area contributed by atoms with Gasteiger partial charge in [0.15, 0.2) is 11.5 Å². The minimum absolute atomic E-state index is 0.131. The van der Waals surface area contributed by atoms with Gasteiger partial charge in [0.25, 0.3) is 5.91 Å². The lowest BCUT2D eigenvalue weighted by Crippen LogP contribution is -2.14. The van der Waals surface area contributed by atoms with Crippen LogP contribution in [0.15, 0.2) is 52.5 Å². The van der Waals surface area contributed by atoms with Gasteiger partial charge >= 0.3 is 0 Å². The number of benzene rings is 3. The summed E-state index contributed by atoms with van der Waals surface area (Å²) in [5.74, 6) is 1.01. The molecule has 0 saturated heterocycles. The summed E-state index contributed by atoms with van der Waals surface area (Å²) in [6, 6.07) is 14.6. The average Bonchev–Trinajstić information content (AvgIpc) is 2.88. The maximum atomic E-state index is 12.9. The SMILES string of the molecule is COc1cc(NC(=O)/C(C#N)=C/c2cc(Br)c(OCc3ccc(C)c(C)c3)c(OC)c2)c(OC)cc1Cl. The summed E-state index contributed by atoms with van der Waals surface area (Å²) in [4.78, 5) is 12.9. The number of aryl methyl sites for hydroxylation is 2. The topological polar surface area (TPSA) is 89.8 Å². The lowest BCUT2D eigenvalue weighted by atomic mass is 10.1. The molecule has 3 aromatic carbocycles. The van der Waals surface area contributed by atoms with E-state index in [0.717, 1.165) is 5.56 Å². The molecule has 0 fully saturated rings. The van der Waals surface area contributed by atoms with Gasteiger partial charge in [-0.05, 0) is 70.2 Å². The number of methoxy groups -OCH3 is 3. The number of anilines is 1. The van der Waals surface area contributed by atoms with Gasteiger partial charge in [-0.25, -0.2) is 0 Å². The van der Waals surface area contributed by atoms with E-state index in [2.05, 4.69) is 47.2 Å². The van der Waals surface area contributed by atoms with Crippen LogP contribution in [0.5, 0.6) is 23.0 Å². The van der Waals surface area contributed by atoms with Crippen molar-refractivity contribution in [3.63, 3.8) is 0 Å². The molecule has 0 aliphatic carbocycles. The molecule has 37 heavy (non-hydrogen) atoms. The highest BCUT2D eigenvalue weighted by Crippen LogP contribution is 2.38. The van der Waals surface area contributed by atoms with E-state index in [1.807, 2.05) is 12.1 Å². The van der Waals surface area contributed by atoms with Crippen molar-refractivity contribution in [1.82, 2.24) is 0 Å². The molecule has 9 heteroatoms. The van der Waals surface area contributed by atoms with Crippen LogP contribution in [-0.2, 0) is 11.4 Å². The van der Waals surface area contributed by atoms with Gasteiger partial charge in [0.05, 0.1) is 36.5 Å². The van der Waals surface area contributed by atoms with Crippen LogP contribution in [0.1, 0.15) is 22.3 Å². The van der Waals surface area contributed by atoms with Gasteiger partial charge in [0.1, 0.15) is 29.7 Å². The summed E-state index contributed by atoms with van der Waals surface area (Å²) in [5, 5.41) is 12.7. The number of carbonyl (C=O) groups excluding carboxylic acids is 1. The van der Waals surface area contributed by atoms with Crippen molar-refractivity contribution in [2.24, 2.45) is 0 Å². The fourth-order valence-electron chi connectivity index (χ4n) is 3.48. The van der Waals surface area contributed by atoms with E-state index in [4.69, 9.17) is 30.5 Å². The fraction of sp³-hybridized carbons (Fsp3) is 0.214. The molecule has 0 atom stereocenters. The molecule has 0 bridgehead atoms. The number of nitriles is 1. The standard InChI is InChI=1S/C28H26BrClN2O5/c1-16-6-7-18(8-17(16)2)15-37-27-21(29)10-19(11-26(27)36-5)9-20(14-31)28(33)32-23-13-24(34-3)22(30)12-25(23)35-4/h6-13H,15H2,1-5H3,(H,32,33)/b20-9+. The molecule has 0 radical (unpaired) electrons. The first-order valence-corrected chi connectivity index (χ1v) is 12.3. The molecule has 192 valence electrons. The second-order valence-corrected chi connectivity index (χ2v) is 9.31. The third kappa shape index (κ3) is 6.76. The van der Waals surface area contributed by atoms with Gasteiger partial charge < -0.3 is 24.3 Å². The third-order valence-electron chi connectivity index (χ3n) is 5.60.